The van der Waals surface area contributed by atoms with E-state index in [1.54, 1.807) is 19.2 Å². The van der Waals surface area contributed by atoms with Gasteiger partial charge in [0.2, 0.25) is 0 Å². The van der Waals surface area contributed by atoms with Crippen molar-refractivity contribution in [1.29, 1.82) is 0 Å². The maximum Gasteiger partial charge on any atom is 0.123 e. The molecule has 20 heavy (non-hydrogen) atoms. The molecule has 0 spiro atoms. The zero-order valence-corrected chi connectivity index (χ0v) is 12.1. The highest BCUT2D eigenvalue weighted by Gasteiger charge is 2.11. The predicted molar refractivity (Wildman–Crippen MR) is 80.8 cm³/mol. The molecule has 0 bridgehead atoms. The molecule has 1 N–H and O–H groups in total. The molecule has 106 valence electrons. The Labute approximate surface area is 119 Å². The maximum atomic E-state index is 13.3. The first kappa shape index (κ1) is 14.4. The molecule has 0 heterocycles. The van der Waals surface area contributed by atoms with Crippen molar-refractivity contribution in [3.8, 4) is 5.75 Å². The molecule has 0 aliphatic carbocycles. The molecule has 1 atom stereocenters. The number of nitrogens with one attached hydrogen (secondary N) is 1. The SMILES string of the molecule is CCC(Nc1ccc(OC)cc1C)c1cccc(F)c1. The first-order chi connectivity index (χ1) is 9.63. The highest BCUT2D eigenvalue weighted by molar-refractivity contribution is 5.55. The van der Waals surface area contributed by atoms with Gasteiger partial charge in [-0.2, -0.15) is 0 Å². The number of ether oxygens (including phenoxy) is 1. The first-order valence-electron chi connectivity index (χ1n) is 6.80. The third kappa shape index (κ3) is 3.29. The third-order valence-electron chi connectivity index (χ3n) is 3.42. The Balaban J connectivity index is 2.22. The maximum absolute atomic E-state index is 13.3. The normalized spacial score (nSPS) is 12.0. The molecule has 3 heteroatoms. The van der Waals surface area contributed by atoms with Gasteiger partial charge >= 0.3 is 0 Å². The summed E-state index contributed by atoms with van der Waals surface area (Å²) in [7, 11) is 1.66. The number of rotatable bonds is 5. The summed E-state index contributed by atoms with van der Waals surface area (Å²) >= 11 is 0. The molecule has 0 aliphatic heterocycles. The molecule has 0 aromatic heterocycles. The second kappa shape index (κ2) is 6.42. The van der Waals surface area contributed by atoms with E-state index in [0.29, 0.717) is 0 Å². The lowest BCUT2D eigenvalue weighted by Crippen LogP contribution is -2.10. The first-order valence-corrected chi connectivity index (χ1v) is 6.80. The molecule has 2 nitrogen and oxygen atoms in total. The number of hydrogen-bond acceptors (Lipinski definition) is 2. The van der Waals surface area contributed by atoms with Crippen LogP contribution in [-0.4, -0.2) is 7.11 Å². The van der Waals surface area contributed by atoms with Gasteiger partial charge in [-0.25, -0.2) is 4.39 Å². The number of hydrogen-bond donors (Lipinski definition) is 1. The average molecular weight is 273 g/mol. The van der Waals surface area contributed by atoms with E-state index in [4.69, 9.17) is 4.74 Å². The molecule has 2 aromatic carbocycles. The molecule has 1 unspecified atom stereocenters. The van der Waals surface area contributed by atoms with Crippen LogP contribution in [0.3, 0.4) is 0 Å². The average Bonchev–Trinajstić information content (AvgIpc) is 2.46. The third-order valence-corrected chi connectivity index (χ3v) is 3.42. The van der Waals surface area contributed by atoms with Gasteiger partial charge in [0.1, 0.15) is 11.6 Å². The van der Waals surface area contributed by atoms with E-state index in [1.165, 1.54) is 6.07 Å². The molecular formula is C17H20FNO. The number of methoxy groups -OCH3 is 1. The van der Waals surface area contributed by atoms with E-state index in [1.807, 2.05) is 31.2 Å². The van der Waals surface area contributed by atoms with Crippen molar-refractivity contribution in [2.45, 2.75) is 26.3 Å². The summed E-state index contributed by atoms with van der Waals surface area (Å²) in [6, 6.07) is 12.7. The lowest BCUT2D eigenvalue weighted by atomic mass is 10.0. The van der Waals surface area contributed by atoms with Gasteiger partial charge in [0, 0.05) is 5.69 Å². The van der Waals surface area contributed by atoms with Crippen molar-refractivity contribution in [3.05, 3.63) is 59.4 Å². The quantitative estimate of drug-likeness (QED) is 0.852. The highest BCUT2D eigenvalue weighted by atomic mass is 19.1. The largest absolute Gasteiger partial charge is 0.497 e. The number of halogens is 1. The van der Waals surface area contributed by atoms with Gasteiger partial charge in [-0.15, -0.1) is 0 Å². The van der Waals surface area contributed by atoms with Crippen molar-refractivity contribution in [2.24, 2.45) is 0 Å². The minimum Gasteiger partial charge on any atom is -0.497 e. The van der Waals surface area contributed by atoms with E-state index in [-0.39, 0.29) is 11.9 Å². The summed E-state index contributed by atoms with van der Waals surface area (Å²) in [5.41, 5.74) is 3.11. The summed E-state index contributed by atoms with van der Waals surface area (Å²) in [6.07, 6.45) is 0.884. The molecular weight excluding hydrogens is 253 g/mol. The zero-order valence-electron chi connectivity index (χ0n) is 12.1. The Hall–Kier alpha value is -2.03. The second-order valence-electron chi connectivity index (χ2n) is 4.84. The van der Waals surface area contributed by atoms with Crippen LogP contribution in [0.5, 0.6) is 5.75 Å². The van der Waals surface area contributed by atoms with Crippen molar-refractivity contribution < 1.29 is 9.13 Å². The predicted octanol–water partition coefficient (Wildman–Crippen LogP) is 4.71. The fourth-order valence-corrected chi connectivity index (χ4v) is 2.26. The van der Waals surface area contributed by atoms with Crippen LogP contribution in [0.1, 0.15) is 30.5 Å². The van der Waals surface area contributed by atoms with E-state index < -0.39 is 0 Å². The molecule has 0 saturated heterocycles. The Morgan fingerprint density at radius 3 is 2.60 bits per heavy atom. The van der Waals surface area contributed by atoms with Crippen LogP contribution in [0.25, 0.3) is 0 Å². The van der Waals surface area contributed by atoms with Crippen molar-refractivity contribution >= 4 is 5.69 Å². The topological polar surface area (TPSA) is 21.3 Å². The monoisotopic (exact) mass is 273 g/mol. The van der Waals surface area contributed by atoms with Crippen molar-refractivity contribution in [2.75, 3.05) is 12.4 Å². The summed E-state index contributed by atoms with van der Waals surface area (Å²) in [5, 5.41) is 3.47. The van der Waals surface area contributed by atoms with Gasteiger partial charge in [-0.1, -0.05) is 19.1 Å². The molecule has 0 amide bonds. The van der Waals surface area contributed by atoms with Gasteiger partial charge in [-0.3, -0.25) is 0 Å². The van der Waals surface area contributed by atoms with Crippen LogP contribution in [0.4, 0.5) is 10.1 Å². The highest BCUT2D eigenvalue weighted by Crippen LogP contribution is 2.27. The minimum absolute atomic E-state index is 0.0952. The standard InChI is InChI=1S/C17H20FNO/c1-4-16(13-6-5-7-14(18)11-13)19-17-9-8-15(20-3)10-12(17)2/h5-11,16,19H,4H2,1-3H3. The molecule has 0 fully saturated rings. The van der Waals surface area contributed by atoms with Gasteiger partial charge in [0.15, 0.2) is 0 Å². The Kier molecular flexibility index (Phi) is 4.61. The fraction of sp³-hybridized carbons (Fsp3) is 0.294. The minimum atomic E-state index is -0.200. The fourth-order valence-electron chi connectivity index (χ4n) is 2.26. The Morgan fingerprint density at radius 1 is 1.20 bits per heavy atom. The summed E-state index contributed by atoms with van der Waals surface area (Å²) in [4.78, 5) is 0. The lowest BCUT2D eigenvalue weighted by Gasteiger charge is -2.20. The lowest BCUT2D eigenvalue weighted by molar-refractivity contribution is 0.414. The van der Waals surface area contributed by atoms with Crippen molar-refractivity contribution in [1.82, 2.24) is 0 Å². The van der Waals surface area contributed by atoms with Crippen molar-refractivity contribution in [3.63, 3.8) is 0 Å². The summed E-state index contributed by atoms with van der Waals surface area (Å²) in [5.74, 6) is 0.640. The van der Waals surface area contributed by atoms with Crippen LogP contribution >= 0.6 is 0 Å². The van der Waals surface area contributed by atoms with E-state index in [2.05, 4.69) is 12.2 Å². The molecule has 2 rings (SSSR count). The van der Waals surface area contributed by atoms with Gasteiger partial charge < -0.3 is 10.1 Å². The van der Waals surface area contributed by atoms with Crippen LogP contribution in [0.15, 0.2) is 42.5 Å². The second-order valence-corrected chi connectivity index (χ2v) is 4.84. The summed E-state index contributed by atoms with van der Waals surface area (Å²) in [6.45, 7) is 4.12. The van der Waals surface area contributed by atoms with E-state index in [0.717, 1.165) is 29.0 Å². The molecule has 0 saturated carbocycles. The smallest absolute Gasteiger partial charge is 0.123 e. The number of anilines is 1. The van der Waals surface area contributed by atoms with Crippen LogP contribution in [0.2, 0.25) is 0 Å². The molecule has 2 aromatic rings. The van der Waals surface area contributed by atoms with Crippen LogP contribution in [-0.2, 0) is 0 Å². The molecule has 0 aliphatic rings. The zero-order chi connectivity index (χ0) is 14.5. The Morgan fingerprint density at radius 2 is 2.00 bits per heavy atom. The molecule has 0 radical (unpaired) electrons. The van der Waals surface area contributed by atoms with Gasteiger partial charge in [-0.05, 0) is 54.8 Å². The van der Waals surface area contributed by atoms with E-state index >= 15 is 0 Å². The summed E-state index contributed by atoms with van der Waals surface area (Å²) < 4.78 is 18.5. The van der Waals surface area contributed by atoms with Gasteiger partial charge in [0.25, 0.3) is 0 Å². The van der Waals surface area contributed by atoms with E-state index in [9.17, 15) is 4.39 Å². The van der Waals surface area contributed by atoms with Gasteiger partial charge in [0.05, 0.1) is 13.2 Å². The number of aryl methyl sites for hydroxylation is 1. The number of benzene rings is 2. The van der Waals surface area contributed by atoms with Crippen LogP contribution in [0, 0.1) is 12.7 Å². The van der Waals surface area contributed by atoms with Crippen LogP contribution < -0.4 is 10.1 Å². The Bertz CT molecular complexity index is 583.